The van der Waals surface area contributed by atoms with Gasteiger partial charge in [0, 0.05) is 12.5 Å². The summed E-state index contributed by atoms with van der Waals surface area (Å²) in [5, 5.41) is 0. The van der Waals surface area contributed by atoms with Crippen LogP contribution in [-0.4, -0.2) is 43.3 Å². The van der Waals surface area contributed by atoms with Gasteiger partial charge in [0.25, 0.3) is 0 Å². The Balaban J connectivity index is 1.59. The molecule has 0 saturated carbocycles. The van der Waals surface area contributed by atoms with Gasteiger partial charge < -0.3 is 23.7 Å². The SMILES string of the molecule is CC(=O)O[C@H]1[C@@H]2OC(c3ccccc3)O[C@@H]2C2OC[C@H]1O2. The number of hydrogen-bond donors (Lipinski definition) is 0. The maximum absolute atomic E-state index is 11.3. The minimum atomic E-state index is -0.500. The van der Waals surface area contributed by atoms with E-state index in [1.165, 1.54) is 6.92 Å². The fourth-order valence-corrected chi connectivity index (χ4v) is 3.05. The van der Waals surface area contributed by atoms with Gasteiger partial charge in [0.1, 0.15) is 18.3 Å². The molecule has 6 nitrogen and oxygen atoms in total. The van der Waals surface area contributed by atoms with Gasteiger partial charge in [-0.3, -0.25) is 4.79 Å². The first-order chi connectivity index (χ1) is 10.2. The van der Waals surface area contributed by atoms with E-state index < -0.39 is 24.8 Å². The van der Waals surface area contributed by atoms with Gasteiger partial charge in [-0.25, -0.2) is 0 Å². The van der Waals surface area contributed by atoms with Crippen LogP contribution in [0.4, 0.5) is 0 Å². The number of rotatable bonds is 2. The second-order valence-corrected chi connectivity index (χ2v) is 5.39. The highest BCUT2D eigenvalue weighted by Gasteiger charge is 2.58. The van der Waals surface area contributed by atoms with Gasteiger partial charge >= 0.3 is 5.97 Å². The molecule has 112 valence electrons. The Labute approximate surface area is 121 Å². The largest absolute Gasteiger partial charge is 0.457 e. The summed E-state index contributed by atoms with van der Waals surface area (Å²) in [5.41, 5.74) is 0.921. The molecular formula is C15H16O6. The van der Waals surface area contributed by atoms with E-state index in [2.05, 4.69) is 0 Å². The normalized spacial score (nSPS) is 40.8. The summed E-state index contributed by atoms with van der Waals surface area (Å²) in [6.07, 6.45) is -2.51. The summed E-state index contributed by atoms with van der Waals surface area (Å²) in [7, 11) is 0. The number of esters is 1. The van der Waals surface area contributed by atoms with Crippen LogP contribution in [0.2, 0.25) is 0 Å². The number of fused-ring (bicyclic) bond motifs is 4. The van der Waals surface area contributed by atoms with E-state index in [4.69, 9.17) is 23.7 Å². The molecule has 3 saturated heterocycles. The quantitative estimate of drug-likeness (QED) is 0.762. The minimum absolute atomic E-state index is 0.293. The predicted octanol–water partition coefficient (Wildman–Crippen LogP) is 1.16. The third-order valence-corrected chi connectivity index (χ3v) is 3.95. The van der Waals surface area contributed by atoms with E-state index in [1.807, 2.05) is 30.3 Å². The third kappa shape index (κ3) is 2.24. The van der Waals surface area contributed by atoms with Crippen molar-refractivity contribution < 1.29 is 28.5 Å². The molecule has 1 aromatic rings. The zero-order valence-electron chi connectivity index (χ0n) is 11.5. The molecule has 0 N–H and O–H groups in total. The third-order valence-electron chi connectivity index (χ3n) is 3.95. The Morgan fingerprint density at radius 2 is 1.90 bits per heavy atom. The van der Waals surface area contributed by atoms with E-state index in [1.54, 1.807) is 0 Å². The van der Waals surface area contributed by atoms with Crippen molar-refractivity contribution >= 4 is 5.97 Å². The Kier molecular flexibility index (Phi) is 3.19. The molecule has 21 heavy (non-hydrogen) atoms. The Bertz CT molecular complexity index is 532. The van der Waals surface area contributed by atoms with Gasteiger partial charge in [-0.15, -0.1) is 0 Å². The smallest absolute Gasteiger partial charge is 0.303 e. The first-order valence-corrected chi connectivity index (χ1v) is 7.02. The van der Waals surface area contributed by atoms with Crippen LogP contribution in [-0.2, 0) is 28.5 Å². The van der Waals surface area contributed by atoms with Crippen molar-refractivity contribution in [1.29, 1.82) is 0 Å². The van der Waals surface area contributed by atoms with Gasteiger partial charge in [-0.05, 0) is 0 Å². The molecule has 0 aliphatic carbocycles. The lowest BCUT2D eigenvalue weighted by molar-refractivity contribution is -0.207. The lowest BCUT2D eigenvalue weighted by Gasteiger charge is -2.34. The maximum Gasteiger partial charge on any atom is 0.303 e. The number of carbonyl (C=O) groups is 1. The van der Waals surface area contributed by atoms with Crippen molar-refractivity contribution in [2.24, 2.45) is 0 Å². The highest BCUT2D eigenvalue weighted by Crippen LogP contribution is 2.42. The van der Waals surface area contributed by atoms with Crippen molar-refractivity contribution in [3.8, 4) is 0 Å². The van der Waals surface area contributed by atoms with Crippen LogP contribution < -0.4 is 0 Å². The summed E-state index contributed by atoms with van der Waals surface area (Å²) >= 11 is 0. The fourth-order valence-electron chi connectivity index (χ4n) is 3.05. The zero-order chi connectivity index (χ0) is 14.4. The van der Waals surface area contributed by atoms with Crippen molar-refractivity contribution in [2.45, 2.75) is 43.9 Å². The van der Waals surface area contributed by atoms with Crippen LogP contribution in [0.25, 0.3) is 0 Å². The van der Waals surface area contributed by atoms with E-state index in [9.17, 15) is 4.79 Å². The van der Waals surface area contributed by atoms with Gasteiger partial charge in [0.15, 0.2) is 18.7 Å². The molecule has 6 heteroatoms. The molecule has 0 aromatic heterocycles. The summed E-state index contributed by atoms with van der Waals surface area (Å²) in [6.45, 7) is 1.76. The maximum atomic E-state index is 11.3. The second-order valence-electron chi connectivity index (χ2n) is 5.39. The first kappa shape index (κ1) is 13.2. The number of benzene rings is 1. The van der Waals surface area contributed by atoms with Gasteiger partial charge in [-0.1, -0.05) is 30.3 Å². The van der Waals surface area contributed by atoms with Crippen LogP contribution in [0, 0.1) is 0 Å². The lowest BCUT2D eigenvalue weighted by Crippen LogP contribution is -2.53. The lowest BCUT2D eigenvalue weighted by atomic mass is 10.0. The van der Waals surface area contributed by atoms with Crippen LogP contribution >= 0.6 is 0 Å². The molecule has 6 atom stereocenters. The molecule has 3 aliphatic rings. The summed E-state index contributed by atoms with van der Waals surface area (Å²) in [6, 6.07) is 9.65. The van der Waals surface area contributed by atoms with Crippen molar-refractivity contribution in [3.63, 3.8) is 0 Å². The van der Waals surface area contributed by atoms with E-state index in [0.717, 1.165) is 5.56 Å². The molecule has 4 rings (SSSR count). The summed E-state index contributed by atoms with van der Waals surface area (Å²) < 4.78 is 28.6. The van der Waals surface area contributed by atoms with Crippen LogP contribution in [0.1, 0.15) is 18.8 Å². The second kappa shape index (κ2) is 5.06. The van der Waals surface area contributed by atoms with Crippen LogP contribution in [0.3, 0.4) is 0 Å². The van der Waals surface area contributed by atoms with Crippen molar-refractivity contribution in [2.75, 3.05) is 6.61 Å². The monoisotopic (exact) mass is 292 g/mol. The molecule has 0 spiro atoms. The standard InChI is InChI=1S/C15H16O6/c1-8(16)18-11-10-7-17-15(19-10)13-12(11)20-14(21-13)9-5-3-2-4-6-9/h2-6,10-15H,7H2,1H3/t10-,11-,12+,13+,14?,15?/m1/s1. The molecule has 3 aliphatic heterocycles. The minimum Gasteiger partial charge on any atom is -0.457 e. The average Bonchev–Trinajstić information content (AvgIpc) is 3.10. The Hall–Kier alpha value is -1.47. The molecule has 3 heterocycles. The van der Waals surface area contributed by atoms with Gasteiger partial charge in [0.2, 0.25) is 0 Å². The topological polar surface area (TPSA) is 63.2 Å². The molecule has 2 bridgehead atoms. The van der Waals surface area contributed by atoms with E-state index in [0.29, 0.717) is 6.61 Å². The number of hydrogen-bond acceptors (Lipinski definition) is 6. The highest BCUT2D eigenvalue weighted by atomic mass is 16.8. The fraction of sp³-hybridized carbons (Fsp3) is 0.533. The van der Waals surface area contributed by atoms with Crippen molar-refractivity contribution in [3.05, 3.63) is 35.9 Å². The number of ether oxygens (including phenoxy) is 5. The molecule has 2 unspecified atom stereocenters. The van der Waals surface area contributed by atoms with Gasteiger partial charge in [0.05, 0.1) is 6.61 Å². The van der Waals surface area contributed by atoms with Crippen LogP contribution in [0.5, 0.6) is 0 Å². The Morgan fingerprint density at radius 1 is 1.14 bits per heavy atom. The van der Waals surface area contributed by atoms with Crippen molar-refractivity contribution in [1.82, 2.24) is 0 Å². The molecule has 3 fully saturated rings. The molecule has 1 aromatic carbocycles. The first-order valence-electron chi connectivity index (χ1n) is 7.02. The molecular weight excluding hydrogens is 276 g/mol. The highest BCUT2D eigenvalue weighted by molar-refractivity contribution is 5.66. The predicted molar refractivity (Wildman–Crippen MR) is 69.1 cm³/mol. The average molecular weight is 292 g/mol. The number of carbonyl (C=O) groups excluding carboxylic acids is 1. The summed E-state index contributed by atoms with van der Waals surface area (Å²) in [4.78, 5) is 11.3. The zero-order valence-corrected chi connectivity index (χ0v) is 11.5. The summed E-state index contributed by atoms with van der Waals surface area (Å²) in [5.74, 6) is -0.362. The Morgan fingerprint density at radius 3 is 2.67 bits per heavy atom. The van der Waals surface area contributed by atoms with Gasteiger partial charge in [-0.2, -0.15) is 0 Å². The van der Waals surface area contributed by atoms with E-state index in [-0.39, 0.29) is 18.2 Å². The van der Waals surface area contributed by atoms with E-state index >= 15 is 0 Å². The van der Waals surface area contributed by atoms with Crippen LogP contribution in [0.15, 0.2) is 30.3 Å². The molecule has 0 amide bonds. The molecule has 0 radical (unpaired) electrons.